The van der Waals surface area contributed by atoms with Crippen molar-refractivity contribution in [2.75, 3.05) is 26.2 Å². The predicted molar refractivity (Wildman–Crippen MR) is 82.3 cm³/mol. The Morgan fingerprint density at radius 3 is 2.35 bits per heavy atom. The fraction of sp³-hybridized carbons (Fsp3) is 0.909. The zero-order valence-electron chi connectivity index (χ0n) is 12.7. The van der Waals surface area contributed by atoms with E-state index in [1.165, 1.54) is 4.31 Å². The van der Waals surface area contributed by atoms with Gasteiger partial charge >= 0.3 is 13.1 Å². The maximum Gasteiger partial charge on any atom is 0.451 e. The van der Waals surface area contributed by atoms with Gasteiger partial charge in [-0.15, -0.1) is 0 Å². The van der Waals surface area contributed by atoms with Gasteiger partial charge in [-0.2, -0.15) is 17.0 Å². The zero-order valence-corrected chi connectivity index (χ0v) is 13.5. The van der Waals surface area contributed by atoms with Gasteiger partial charge in [0.1, 0.15) is 5.54 Å². The van der Waals surface area contributed by atoms with E-state index in [9.17, 15) is 18.3 Å². The molecule has 0 bridgehead atoms. The average Bonchev–Trinajstić information content (AvgIpc) is 2.74. The van der Waals surface area contributed by atoms with E-state index in [0.717, 1.165) is 4.31 Å². The van der Waals surface area contributed by atoms with Crippen LogP contribution in [0.25, 0.3) is 0 Å². The first-order chi connectivity index (χ1) is 10.6. The third-order valence-electron chi connectivity index (χ3n) is 4.53. The predicted octanol–water partition coefficient (Wildman–Crippen LogP) is -3.16. The highest BCUT2D eigenvalue weighted by atomic mass is 32.2. The maximum absolute atomic E-state index is 12.5. The first-order valence-corrected chi connectivity index (χ1v) is 8.86. The van der Waals surface area contributed by atoms with E-state index in [1.807, 2.05) is 0 Å². The lowest BCUT2D eigenvalue weighted by molar-refractivity contribution is -0.144. The summed E-state index contributed by atoms with van der Waals surface area (Å²) in [6.45, 7) is 0.122. The van der Waals surface area contributed by atoms with Crippen LogP contribution in [0.5, 0.6) is 0 Å². The van der Waals surface area contributed by atoms with E-state index >= 15 is 0 Å². The van der Waals surface area contributed by atoms with Crippen molar-refractivity contribution in [1.29, 1.82) is 0 Å². The molecule has 10 nitrogen and oxygen atoms in total. The summed E-state index contributed by atoms with van der Waals surface area (Å²) in [5.74, 6) is -1.85. The van der Waals surface area contributed by atoms with Gasteiger partial charge in [-0.25, -0.2) is 0 Å². The van der Waals surface area contributed by atoms with Crippen LogP contribution in [0, 0.1) is 5.92 Å². The Morgan fingerprint density at radius 1 is 1.26 bits per heavy atom. The molecule has 0 aromatic heterocycles. The van der Waals surface area contributed by atoms with E-state index in [-0.39, 0.29) is 38.5 Å². The summed E-state index contributed by atoms with van der Waals surface area (Å²) < 4.78 is 27.2. The van der Waals surface area contributed by atoms with E-state index in [1.54, 1.807) is 0 Å². The summed E-state index contributed by atoms with van der Waals surface area (Å²) in [5, 5.41) is 27.1. The molecule has 2 rings (SSSR count). The number of hydrogen-bond acceptors (Lipinski definition) is 7. The molecular weight excluding hydrogens is 327 g/mol. The van der Waals surface area contributed by atoms with Gasteiger partial charge in [-0.05, 0) is 12.7 Å². The lowest BCUT2D eigenvalue weighted by atomic mass is 9.78. The molecule has 0 saturated carbocycles. The van der Waals surface area contributed by atoms with Crippen LogP contribution in [0.1, 0.15) is 12.8 Å². The van der Waals surface area contributed by atoms with E-state index < -0.39 is 34.8 Å². The lowest BCUT2D eigenvalue weighted by Gasteiger charge is -2.38. The molecule has 2 fully saturated rings. The number of hydrogen-bond donors (Lipinski definition) is 5. The van der Waals surface area contributed by atoms with Gasteiger partial charge in [0.15, 0.2) is 0 Å². The van der Waals surface area contributed by atoms with Crippen molar-refractivity contribution in [2.24, 2.45) is 17.4 Å². The van der Waals surface area contributed by atoms with Crippen LogP contribution in [0.3, 0.4) is 0 Å². The SMILES string of the molecule is NC1CN(S(=O)(=O)N2C[C@H](CCCB(O)O)[C@](N)(C(=O)O)C2)C1. The minimum atomic E-state index is -3.77. The van der Waals surface area contributed by atoms with Crippen LogP contribution in [-0.2, 0) is 15.0 Å². The Morgan fingerprint density at radius 2 is 1.87 bits per heavy atom. The summed E-state index contributed by atoms with van der Waals surface area (Å²) in [4.78, 5) is 11.5. The van der Waals surface area contributed by atoms with Crippen molar-refractivity contribution < 1.29 is 28.4 Å². The van der Waals surface area contributed by atoms with Gasteiger partial charge in [0.25, 0.3) is 10.2 Å². The monoisotopic (exact) mass is 350 g/mol. The first-order valence-electron chi connectivity index (χ1n) is 7.46. The molecule has 2 heterocycles. The van der Waals surface area contributed by atoms with Crippen LogP contribution in [0.4, 0.5) is 0 Å². The minimum Gasteiger partial charge on any atom is -0.480 e. The van der Waals surface area contributed by atoms with Gasteiger partial charge in [0.05, 0.1) is 0 Å². The second-order valence-electron chi connectivity index (χ2n) is 6.33. The van der Waals surface area contributed by atoms with Crippen LogP contribution in [0.2, 0.25) is 6.32 Å². The summed E-state index contributed by atoms with van der Waals surface area (Å²) in [5.41, 5.74) is 9.88. The molecule has 2 saturated heterocycles. The topological polar surface area (TPSA) is 170 Å². The van der Waals surface area contributed by atoms with Crippen molar-refractivity contribution in [3.63, 3.8) is 0 Å². The third-order valence-corrected chi connectivity index (χ3v) is 6.41. The number of nitrogens with two attached hydrogens (primary N) is 2. The van der Waals surface area contributed by atoms with Gasteiger partial charge in [0.2, 0.25) is 0 Å². The highest BCUT2D eigenvalue weighted by Gasteiger charge is 2.54. The molecule has 7 N–H and O–H groups in total. The summed E-state index contributed by atoms with van der Waals surface area (Å²) in [6.07, 6.45) is 0.725. The van der Waals surface area contributed by atoms with E-state index in [2.05, 4.69) is 0 Å². The third kappa shape index (κ3) is 3.68. The van der Waals surface area contributed by atoms with Crippen LogP contribution in [-0.4, -0.2) is 83.0 Å². The largest absolute Gasteiger partial charge is 0.480 e. The van der Waals surface area contributed by atoms with Crippen LogP contribution in [0.15, 0.2) is 0 Å². The molecule has 0 amide bonds. The molecule has 0 unspecified atom stereocenters. The van der Waals surface area contributed by atoms with Crippen LogP contribution < -0.4 is 11.5 Å². The van der Waals surface area contributed by atoms with Crippen molar-refractivity contribution in [1.82, 2.24) is 8.61 Å². The first kappa shape index (κ1) is 18.6. The second-order valence-corrected chi connectivity index (χ2v) is 8.26. The number of nitrogens with zero attached hydrogens (tertiary/aromatic N) is 2. The highest BCUT2D eigenvalue weighted by molar-refractivity contribution is 7.86. The Labute approximate surface area is 135 Å². The number of rotatable bonds is 7. The van der Waals surface area contributed by atoms with Gasteiger partial charge < -0.3 is 26.6 Å². The zero-order chi connectivity index (χ0) is 17.4. The molecule has 2 aliphatic heterocycles. The van der Waals surface area contributed by atoms with Crippen molar-refractivity contribution >= 4 is 23.3 Å². The Kier molecular flexibility index (Phi) is 5.35. The van der Waals surface area contributed by atoms with E-state index in [0.29, 0.717) is 12.8 Å². The average molecular weight is 350 g/mol. The summed E-state index contributed by atoms with van der Waals surface area (Å²) >= 11 is 0. The van der Waals surface area contributed by atoms with Gasteiger partial charge in [0, 0.05) is 38.1 Å². The normalized spacial score (nSPS) is 30.3. The van der Waals surface area contributed by atoms with E-state index in [4.69, 9.17) is 21.5 Å². The highest BCUT2D eigenvalue weighted by Crippen LogP contribution is 2.33. The fourth-order valence-corrected chi connectivity index (χ4v) is 4.86. The molecule has 2 aliphatic rings. The second kappa shape index (κ2) is 6.63. The number of carboxylic acids is 1. The molecule has 0 aliphatic carbocycles. The standard InChI is InChI=1S/C11H23BN4O6S/c13-9-5-15(6-9)23(21,22)16-4-8(2-1-3-12(19)20)11(14,7-16)10(17)18/h8-9,19-20H,1-7,13-14H2,(H,17,18)/t8-,11-/m0/s1. The molecule has 12 heteroatoms. The van der Waals surface area contributed by atoms with Crippen molar-refractivity contribution in [3.8, 4) is 0 Å². The Balaban J connectivity index is 2.09. The number of carbonyl (C=O) groups is 1. The maximum atomic E-state index is 12.5. The van der Waals surface area contributed by atoms with Crippen molar-refractivity contribution in [3.05, 3.63) is 0 Å². The number of carboxylic acid groups (broad SMARTS) is 1. The molecule has 2 atom stereocenters. The Bertz CT molecular complexity index is 555. The van der Waals surface area contributed by atoms with Crippen LogP contribution >= 0.6 is 0 Å². The quantitative estimate of drug-likeness (QED) is 0.300. The molecular formula is C11H23BN4O6S. The molecule has 23 heavy (non-hydrogen) atoms. The van der Waals surface area contributed by atoms with Crippen molar-refractivity contribution in [2.45, 2.75) is 30.7 Å². The summed E-state index contributed by atoms with van der Waals surface area (Å²) in [7, 11) is -5.25. The minimum absolute atomic E-state index is 0.00159. The molecule has 0 aromatic carbocycles. The lowest BCUT2D eigenvalue weighted by Crippen LogP contribution is -2.61. The summed E-state index contributed by atoms with van der Waals surface area (Å²) in [6, 6.07) is -0.198. The fourth-order valence-electron chi connectivity index (χ4n) is 3.03. The Hall–Kier alpha value is -0.755. The molecule has 0 spiro atoms. The number of aliphatic carboxylic acids is 1. The molecule has 132 valence electrons. The molecule has 0 aromatic rings. The molecule has 0 radical (unpaired) electrons. The van der Waals surface area contributed by atoms with Gasteiger partial charge in [-0.1, -0.05) is 6.42 Å². The smallest absolute Gasteiger partial charge is 0.451 e. The van der Waals surface area contributed by atoms with Gasteiger partial charge in [-0.3, -0.25) is 4.79 Å².